The molecule has 2 atom stereocenters. The van der Waals surface area contributed by atoms with Crippen LogP contribution < -0.4 is 11.2 Å². The number of fused-ring (bicyclic) bond motifs is 3. The molecule has 4 aromatic rings. The van der Waals surface area contributed by atoms with E-state index in [-0.39, 0.29) is 17.1 Å². The molecule has 1 aliphatic rings. The summed E-state index contributed by atoms with van der Waals surface area (Å²) in [6.45, 7) is 0.303. The van der Waals surface area contributed by atoms with Gasteiger partial charge in [-0.3, -0.25) is 13.9 Å². The van der Waals surface area contributed by atoms with Crippen LogP contribution in [0.15, 0.2) is 39.2 Å². The Bertz CT molecular complexity index is 1490. The maximum atomic E-state index is 14.2. The third-order valence-electron chi connectivity index (χ3n) is 5.69. The Morgan fingerprint density at radius 3 is 2.72 bits per heavy atom. The Balaban J connectivity index is 1.97. The molecule has 0 amide bonds. The van der Waals surface area contributed by atoms with E-state index in [9.17, 15) is 19.1 Å². The molecule has 5 rings (SSSR count). The van der Waals surface area contributed by atoms with E-state index < -0.39 is 17.1 Å². The van der Waals surface area contributed by atoms with E-state index in [0.29, 0.717) is 38.9 Å². The maximum absolute atomic E-state index is 14.2. The normalized spacial score (nSPS) is 18.3. The van der Waals surface area contributed by atoms with Crippen LogP contribution in [-0.4, -0.2) is 35.6 Å². The van der Waals surface area contributed by atoms with Crippen LogP contribution in [0.2, 0.25) is 5.15 Å². The summed E-state index contributed by atoms with van der Waals surface area (Å²) in [5.74, 6) is -0.431. The zero-order chi connectivity index (χ0) is 22.7. The van der Waals surface area contributed by atoms with Gasteiger partial charge in [0.05, 0.1) is 34.1 Å². The highest BCUT2D eigenvalue weighted by atomic mass is 35.5. The number of hydrogen-bond acceptors (Lipinski definition) is 6. The number of thiazole rings is 1. The molecule has 0 aliphatic carbocycles. The highest BCUT2D eigenvalue weighted by Gasteiger charge is 2.37. The van der Waals surface area contributed by atoms with E-state index in [2.05, 4.69) is 4.98 Å². The predicted molar refractivity (Wildman–Crippen MR) is 125 cm³/mol. The van der Waals surface area contributed by atoms with Crippen molar-refractivity contribution < 1.29 is 9.50 Å². The fourth-order valence-electron chi connectivity index (χ4n) is 4.30. The number of benzene rings is 1. The second-order valence-corrected chi connectivity index (χ2v) is 10.3. The van der Waals surface area contributed by atoms with Crippen molar-refractivity contribution in [2.45, 2.75) is 17.0 Å². The summed E-state index contributed by atoms with van der Waals surface area (Å²) >= 11 is 8.99. The Morgan fingerprint density at radius 1 is 1.28 bits per heavy atom. The van der Waals surface area contributed by atoms with Crippen molar-refractivity contribution in [2.24, 2.45) is 14.1 Å². The van der Waals surface area contributed by atoms with Crippen LogP contribution in [0.3, 0.4) is 0 Å². The van der Waals surface area contributed by atoms with Gasteiger partial charge in [0.25, 0.3) is 5.56 Å². The number of aryl methyl sites for hydroxylation is 1. The van der Waals surface area contributed by atoms with Gasteiger partial charge in [-0.25, -0.2) is 14.2 Å². The van der Waals surface area contributed by atoms with Crippen LogP contribution >= 0.6 is 34.7 Å². The lowest BCUT2D eigenvalue weighted by atomic mass is 10.1. The smallest absolute Gasteiger partial charge is 0.331 e. The molecule has 0 saturated heterocycles. The van der Waals surface area contributed by atoms with E-state index in [1.807, 2.05) is 4.57 Å². The summed E-state index contributed by atoms with van der Waals surface area (Å²) in [6.07, 6.45) is 0. The van der Waals surface area contributed by atoms with E-state index >= 15 is 0 Å². The van der Waals surface area contributed by atoms with Crippen LogP contribution in [0.4, 0.5) is 4.39 Å². The Hall–Kier alpha value is -2.40. The molecule has 0 bridgehead atoms. The summed E-state index contributed by atoms with van der Waals surface area (Å²) in [5.41, 5.74) is 1.35. The van der Waals surface area contributed by atoms with Gasteiger partial charge in [-0.15, -0.1) is 23.1 Å². The molecular weight excluding hydrogens is 475 g/mol. The maximum Gasteiger partial charge on any atom is 0.331 e. The van der Waals surface area contributed by atoms with Crippen LogP contribution in [0.5, 0.6) is 0 Å². The molecular formula is C21H18ClFN4O3S2. The van der Waals surface area contributed by atoms with Crippen molar-refractivity contribution in [3.63, 3.8) is 0 Å². The van der Waals surface area contributed by atoms with Crippen molar-refractivity contribution >= 4 is 45.6 Å². The molecule has 0 radical (unpaired) electrons. The fourth-order valence-corrected chi connectivity index (χ4v) is 6.81. The minimum absolute atomic E-state index is 0.0895. The van der Waals surface area contributed by atoms with Crippen LogP contribution in [0.25, 0.3) is 22.2 Å². The van der Waals surface area contributed by atoms with Gasteiger partial charge in [-0.05, 0) is 12.1 Å². The van der Waals surface area contributed by atoms with Crippen LogP contribution in [0.1, 0.15) is 16.0 Å². The quantitative estimate of drug-likeness (QED) is 0.475. The summed E-state index contributed by atoms with van der Waals surface area (Å²) in [6, 6.07) is 6.03. The molecule has 1 aromatic carbocycles. The van der Waals surface area contributed by atoms with Gasteiger partial charge in [0.1, 0.15) is 16.0 Å². The van der Waals surface area contributed by atoms with Crippen molar-refractivity contribution in [1.82, 2.24) is 18.7 Å². The third kappa shape index (κ3) is 3.16. The highest BCUT2D eigenvalue weighted by Crippen LogP contribution is 2.49. The van der Waals surface area contributed by atoms with Crippen LogP contribution in [-0.2, 0) is 20.6 Å². The summed E-state index contributed by atoms with van der Waals surface area (Å²) < 4.78 is 18.6. The van der Waals surface area contributed by atoms with Crippen molar-refractivity contribution in [3.05, 3.63) is 72.2 Å². The standard InChI is InChI=1S/C21H18ClFN4O3S2/c1-25-16-14(20(29)26(2)21(25)30)15(10-4-3-5-11(23)6-10)27-7-12(8-28)32-18(17(16)27)19-24-13(22)9-31-19/h3-6,9,12,18,28H,7-8H2,1-2H3/t12-,18-/m0/s1. The van der Waals surface area contributed by atoms with Gasteiger partial charge in [-0.2, -0.15) is 0 Å². The summed E-state index contributed by atoms with van der Waals surface area (Å²) in [5, 5.41) is 12.6. The zero-order valence-corrected chi connectivity index (χ0v) is 19.5. The monoisotopic (exact) mass is 492 g/mol. The van der Waals surface area contributed by atoms with E-state index in [4.69, 9.17) is 11.6 Å². The number of nitrogens with zero attached hydrogens (tertiary/aromatic N) is 4. The first-order valence-electron chi connectivity index (χ1n) is 9.77. The largest absolute Gasteiger partial charge is 0.395 e. The van der Waals surface area contributed by atoms with E-state index in [0.717, 1.165) is 10.3 Å². The molecule has 32 heavy (non-hydrogen) atoms. The number of halogens is 2. The van der Waals surface area contributed by atoms with Gasteiger partial charge in [0.15, 0.2) is 0 Å². The van der Waals surface area contributed by atoms with Gasteiger partial charge < -0.3 is 9.67 Å². The molecule has 1 aliphatic heterocycles. The molecule has 11 heteroatoms. The summed E-state index contributed by atoms with van der Waals surface area (Å²) in [7, 11) is 3.05. The van der Waals surface area contributed by atoms with Crippen molar-refractivity contribution in [1.29, 1.82) is 0 Å². The zero-order valence-electron chi connectivity index (χ0n) is 17.1. The number of aromatic nitrogens is 4. The highest BCUT2D eigenvalue weighted by molar-refractivity contribution is 8.00. The lowest BCUT2D eigenvalue weighted by molar-refractivity contribution is 0.284. The topological polar surface area (TPSA) is 82.0 Å². The van der Waals surface area contributed by atoms with Gasteiger partial charge >= 0.3 is 5.69 Å². The molecule has 0 saturated carbocycles. The molecule has 4 heterocycles. The molecule has 0 spiro atoms. The van der Waals surface area contributed by atoms with Crippen LogP contribution in [0, 0.1) is 5.82 Å². The third-order valence-corrected chi connectivity index (χ3v) is 8.47. The Morgan fingerprint density at radius 2 is 2.06 bits per heavy atom. The lowest BCUT2D eigenvalue weighted by Gasteiger charge is -2.30. The molecule has 7 nitrogen and oxygen atoms in total. The summed E-state index contributed by atoms with van der Waals surface area (Å²) in [4.78, 5) is 30.6. The number of aliphatic hydroxyl groups is 1. The first kappa shape index (κ1) is 21.4. The minimum atomic E-state index is -0.453. The van der Waals surface area contributed by atoms with Gasteiger partial charge in [0.2, 0.25) is 0 Å². The number of aliphatic hydroxyl groups excluding tert-OH is 1. The van der Waals surface area contributed by atoms with Gasteiger partial charge in [0, 0.05) is 36.8 Å². The fraction of sp³-hybridized carbons (Fsp3) is 0.286. The molecule has 0 unspecified atom stereocenters. The lowest BCUT2D eigenvalue weighted by Crippen LogP contribution is -2.37. The molecule has 1 N–H and O–H groups in total. The minimum Gasteiger partial charge on any atom is -0.395 e. The average Bonchev–Trinajstić information content (AvgIpc) is 3.37. The Labute approximate surface area is 194 Å². The number of thioether (sulfide) groups is 1. The van der Waals surface area contributed by atoms with E-state index in [1.54, 1.807) is 24.6 Å². The SMILES string of the molecule is Cn1c(=O)c2c(-c3cccc(F)c3)n3c(c2n(C)c1=O)[C@@H](c1nc(Cl)cs1)S[C@H](CO)C3. The Kier molecular flexibility index (Phi) is 5.28. The molecule has 166 valence electrons. The van der Waals surface area contributed by atoms with Crippen molar-refractivity contribution in [3.8, 4) is 11.3 Å². The average molecular weight is 493 g/mol. The predicted octanol–water partition coefficient (Wildman–Crippen LogP) is 3.15. The number of hydrogen-bond donors (Lipinski definition) is 1. The van der Waals surface area contributed by atoms with E-state index in [1.165, 1.54) is 46.8 Å². The first-order chi connectivity index (χ1) is 15.3. The van der Waals surface area contributed by atoms with Gasteiger partial charge in [-0.1, -0.05) is 23.7 Å². The number of rotatable bonds is 3. The first-order valence-corrected chi connectivity index (χ1v) is 12.0. The van der Waals surface area contributed by atoms with Crippen molar-refractivity contribution in [2.75, 3.05) is 6.61 Å². The second-order valence-electron chi connectivity index (χ2n) is 7.61. The molecule has 0 fully saturated rings. The molecule has 3 aromatic heterocycles. The second kappa shape index (κ2) is 7.87.